The molecule has 0 radical (unpaired) electrons. The molecule has 0 saturated carbocycles. The highest BCUT2D eigenvalue weighted by molar-refractivity contribution is 6.25. The lowest BCUT2D eigenvalue weighted by molar-refractivity contribution is 0.666. The van der Waals surface area contributed by atoms with Crippen LogP contribution in [0.25, 0.3) is 143 Å². The van der Waals surface area contributed by atoms with Gasteiger partial charge < -0.3 is 13.6 Å². The van der Waals surface area contributed by atoms with Gasteiger partial charge in [-0.25, -0.2) is 15.0 Å². The second-order valence-electron chi connectivity index (χ2n) is 18.0. The van der Waals surface area contributed by atoms with E-state index in [-0.39, 0.29) is 0 Å². The Morgan fingerprint density at radius 1 is 0.304 bits per heavy atom. The average Bonchev–Trinajstić information content (AvgIpc) is 4.08. The molecular weight excluding hydrogens is 843 g/mol. The molecule has 0 atom stereocenters. The van der Waals surface area contributed by atoms with Crippen LogP contribution in [0.1, 0.15) is 0 Å². The zero-order chi connectivity index (χ0) is 45.2. The normalized spacial score (nSPS) is 12.1. The fourth-order valence-corrected chi connectivity index (χ4v) is 11.0. The number of benzene rings is 11. The number of furan rings is 1. The van der Waals surface area contributed by atoms with Crippen LogP contribution in [0, 0.1) is 0 Å². The fraction of sp³-hybridized carbons (Fsp3) is 0. The van der Waals surface area contributed by atoms with Gasteiger partial charge in [0.25, 0.3) is 0 Å². The van der Waals surface area contributed by atoms with E-state index in [1.165, 1.54) is 43.1 Å². The van der Waals surface area contributed by atoms with Gasteiger partial charge in [-0.3, -0.25) is 0 Å². The lowest BCUT2D eigenvalue weighted by atomic mass is 10.0. The van der Waals surface area contributed by atoms with Crippen LogP contribution < -0.4 is 0 Å². The molecule has 0 spiro atoms. The van der Waals surface area contributed by atoms with Crippen LogP contribution in [0.5, 0.6) is 0 Å². The Kier molecular flexibility index (Phi) is 7.97. The molecule has 15 rings (SSSR count). The molecule has 4 heterocycles. The van der Waals surface area contributed by atoms with Crippen molar-refractivity contribution in [3.05, 3.63) is 224 Å². The molecule has 0 aliphatic heterocycles. The minimum atomic E-state index is 0.597. The summed E-state index contributed by atoms with van der Waals surface area (Å²) in [6.07, 6.45) is 0. The maximum atomic E-state index is 7.02. The molecule has 320 valence electrons. The predicted octanol–water partition coefficient (Wildman–Crippen LogP) is 16.4. The third-order valence-corrected chi connectivity index (χ3v) is 14.1. The molecule has 0 N–H and O–H groups in total. The van der Waals surface area contributed by atoms with E-state index in [2.05, 4.69) is 215 Å². The van der Waals surface area contributed by atoms with E-state index >= 15 is 0 Å². The van der Waals surface area contributed by atoms with Crippen LogP contribution in [0.3, 0.4) is 0 Å². The molecule has 0 amide bonds. The molecule has 0 unspecified atom stereocenters. The second kappa shape index (κ2) is 14.6. The van der Waals surface area contributed by atoms with Crippen LogP contribution in [0.15, 0.2) is 229 Å². The minimum Gasteiger partial charge on any atom is -0.454 e. The number of hydrogen-bond acceptors (Lipinski definition) is 4. The van der Waals surface area contributed by atoms with Crippen molar-refractivity contribution in [2.24, 2.45) is 0 Å². The molecule has 11 aromatic carbocycles. The minimum absolute atomic E-state index is 0.597. The summed E-state index contributed by atoms with van der Waals surface area (Å²) >= 11 is 0. The van der Waals surface area contributed by atoms with Crippen molar-refractivity contribution in [1.29, 1.82) is 0 Å². The van der Waals surface area contributed by atoms with E-state index in [0.29, 0.717) is 17.5 Å². The highest BCUT2D eigenvalue weighted by atomic mass is 16.3. The first-order valence-electron chi connectivity index (χ1n) is 23.3. The van der Waals surface area contributed by atoms with Crippen molar-refractivity contribution in [2.75, 3.05) is 0 Å². The Morgan fingerprint density at radius 3 is 1.72 bits per heavy atom. The van der Waals surface area contributed by atoms with Crippen molar-refractivity contribution in [3.63, 3.8) is 0 Å². The van der Waals surface area contributed by atoms with Gasteiger partial charge in [-0.2, -0.15) is 0 Å². The summed E-state index contributed by atoms with van der Waals surface area (Å²) in [4.78, 5) is 15.7. The van der Waals surface area contributed by atoms with Crippen molar-refractivity contribution in [2.45, 2.75) is 0 Å². The monoisotopic (exact) mass is 879 g/mol. The predicted molar refractivity (Wildman–Crippen MR) is 285 cm³/mol. The zero-order valence-electron chi connectivity index (χ0n) is 37.0. The SMILES string of the molecule is c1ccc(-c2nc(-c3ccc4ccc5oc6c(-n7c8cc9ccccc9cc8c8c9ccccc9ccc87)cccc6c5c4c3)nc(-c3ccc4c5ccccc5n(-c5ccccc5)c4c3)n2)cc1. The van der Waals surface area contributed by atoms with Gasteiger partial charge in [0.2, 0.25) is 0 Å². The molecule has 4 aromatic heterocycles. The van der Waals surface area contributed by atoms with Gasteiger partial charge in [-0.05, 0) is 93.0 Å². The summed E-state index contributed by atoms with van der Waals surface area (Å²) in [6, 6.07) is 79.7. The van der Waals surface area contributed by atoms with Crippen LogP contribution >= 0.6 is 0 Å². The van der Waals surface area contributed by atoms with E-state index in [9.17, 15) is 0 Å². The van der Waals surface area contributed by atoms with Gasteiger partial charge in [0.1, 0.15) is 5.58 Å². The third-order valence-electron chi connectivity index (χ3n) is 14.1. The summed E-state index contributed by atoms with van der Waals surface area (Å²) < 4.78 is 11.7. The van der Waals surface area contributed by atoms with Crippen molar-refractivity contribution >= 4 is 97.9 Å². The lowest BCUT2D eigenvalue weighted by Crippen LogP contribution is -2.00. The number of hydrogen-bond donors (Lipinski definition) is 0. The molecule has 0 aliphatic rings. The molecule has 6 heteroatoms. The number of para-hydroxylation sites is 3. The molecule has 69 heavy (non-hydrogen) atoms. The van der Waals surface area contributed by atoms with Gasteiger partial charge in [0.15, 0.2) is 23.1 Å². The molecule has 0 fully saturated rings. The van der Waals surface area contributed by atoms with E-state index in [0.717, 1.165) is 82.8 Å². The lowest BCUT2D eigenvalue weighted by Gasteiger charge is -2.11. The third kappa shape index (κ3) is 5.69. The van der Waals surface area contributed by atoms with Crippen LogP contribution in [-0.2, 0) is 0 Å². The van der Waals surface area contributed by atoms with Gasteiger partial charge in [0.05, 0.1) is 27.8 Å². The van der Waals surface area contributed by atoms with Crippen LogP contribution in [0.4, 0.5) is 0 Å². The largest absolute Gasteiger partial charge is 0.454 e. The first-order chi connectivity index (χ1) is 34.2. The van der Waals surface area contributed by atoms with E-state index in [1.54, 1.807) is 0 Å². The van der Waals surface area contributed by atoms with E-state index < -0.39 is 0 Å². The molecular formula is C63H37N5O. The fourth-order valence-electron chi connectivity index (χ4n) is 11.0. The summed E-state index contributed by atoms with van der Waals surface area (Å²) in [7, 11) is 0. The van der Waals surface area contributed by atoms with Crippen molar-refractivity contribution in [1.82, 2.24) is 24.1 Å². The summed E-state index contributed by atoms with van der Waals surface area (Å²) in [5.41, 5.74) is 11.0. The molecule has 15 aromatic rings. The smallest absolute Gasteiger partial charge is 0.164 e. The average molecular weight is 880 g/mol. The van der Waals surface area contributed by atoms with E-state index in [1.807, 2.05) is 18.2 Å². The molecule has 0 aliphatic carbocycles. The van der Waals surface area contributed by atoms with Gasteiger partial charge in [0, 0.05) is 54.7 Å². The van der Waals surface area contributed by atoms with Crippen LogP contribution in [-0.4, -0.2) is 24.1 Å². The Balaban J connectivity index is 0.939. The number of nitrogens with zero attached hydrogens (tertiary/aromatic N) is 5. The second-order valence-corrected chi connectivity index (χ2v) is 18.0. The van der Waals surface area contributed by atoms with Crippen molar-refractivity contribution < 1.29 is 4.42 Å². The number of rotatable bonds is 5. The van der Waals surface area contributed by atoms with Gasteiger partial charge in [-0.15, -0.1) is 0 Å². The quantitative estimate of drug-likeness (QED) is 0.173. The Morgan fingerprint density at radius 2 is 0.899 bits per heavy atom. The van der Waals surface area contributed by atoms with Crippen LogP contribution in [0.2, 0.25) is 0 Å². The summed E-state index contributed by atoms with van der Waals surface area (Å²) in [5, 5.41) is 14.0. The maximum Gasteiger partial charge on any atom is 0.164 e. The molecule has 0 saturated heterocycles. The standard InChI is InChI=1S/C63H37N5O/c1-3-15-40(16-4-1)61-64-62(66-63(65-61)44-28-31-48-47-22-11-12-24-52(47)67(55(48)37-44)45-19-5-2-6-20-45)43-27-26-39-30-33-57-59(50(39)35-43)49-23-13-25-54(60(49)69-57)68-53-32-29-38-14-9-10-21-46(38)58(53)51-34-41-17-7-8-18-42(41)36-56(51)68/h1-37H. The van der Waals surface area contributed by atoms with E-state index in [4.69, 9.17) is 19.4 Å². The molecule has 0 bridgehead atoms. The summed E-state index contributed by atoms with van der Waals surface area (Å²) in [5.74, 6) is 1.82. The Hall–Kier alpha value is -9.39. The Bertz CT molecular complexity index is 4600. The highest BCUT2D eigenvalue weighted by Crippen LogP contribution is 2.44. The van der Waals surface area contributed by atoms with Crippen molar-refractivity contribution in [3.8, 4) is 45.5 Å². The molecule has 6 nitrogen and oxygen atoms in total. The summed E-state index contributed by atoms with van der Waals surface area (Å²) in [6.45, 7) is 0. The Labute approximate surface area is 394 Å². The zero-order valence-corrected chi connectivity index (χ0v) is 37.0. The number of aromatic nitrogens is 5. The first kappa shape index (κ1) is 37.8. The highest BCUT2D eigenvalue weighted by Gasteiger charge is 2.22. The van der Waals surface area contributed by atoms with Gasteiger partial charge >= 0.3 is 0 Å². The topological polar surface area (TPSA) is 61.7 Å². The number of fused-ring (bicyclic) bond motifs is 14. The van der Waals surface area contributed by atoms with Gasteiger partial charge in [-0.1, -0.05) is 164 Å². The maximum absolute atomic E-state index is 7.02. The first-order valence-corrected chi connectivity index (χ1v) is 23.3.